The lowest BCUT2D eigenvalue weighted by Crippen LogP contribution is -2.51. The first kappa shape index (κ1) is 12.2. The van der Waals surface area contributed by atoms with E-state index in [-0.39, 0.29) is 10.8 Å². The van der Waals surface area contributed by atoms with Crippen LogP contribution >= 0.6 is 0 Å². The molecule has 2 aliphatic carbocycles. The molecule has 1 fully saturated rings. The number of hydrogen-bond acceptors (Lipinski definition) is 1. The lowest BCUT2D eigenvalue weighted by atomic mass is 9.54. The summed E-state index contributed by atoms with van der Waals surface area (Å²) >= 11 is 0. The van der Waals surface area contributed by atoms with E-state index in [2.05, 4.69) is 33.8 Å². The molecule has 0 aromatic carbocycles. The number of aliphatic hydroxyl groups is 1. The first-order valence-corrected chi connectivity index (χ1v) is 6.58. The molecule has 0 saturated heterocycles. The highest BCUT2D eigenvalue weighted by atomic mass is 16.3. The summed E-state index contributed by atoms with van der Waals surface area (Å²) in [6.45, 7) is 11.2. The lowest BCUT2D eigenvalue weighted by Gasteiger charge is -2.53. The Balaban J connectivity index is 2.46. The van der Waals surface area contributed by atoms with Gasteiger partial charge < -0.3 is 5.11 Å². The van der Waals surface area contributed by atoms with Crippen molar-refractivity contribution in [2.45, 2.75) is 65.9 Å². The summed E-state index contributed by atoms with van der Waals surface area (Å²) in [4.78, 5) is 0. The van der Waals surface area contributed by atoms with Gasteiger partial charge in [-0.1, -0.05) is 39.3 Å². The normalized spacial score (nSPS) is 41.1. The molecule has 0 spiro atoms. The van der Waals surface area contributed by atoms with Crippen molar-refractivity contribution in [3.05, 3.63) is 11.6 Å². The zero-order valence-electron chi connectivity index (χ0n) is 11.4. The third-order valence-electron chi connectivity index (χ3n) is 4.45. The quantitative estimate of drug-likeness (QED) is 0.616. The highest BCUT2D eigenvalue weighted by molar-refractivity contribution is 5.25. The molecular formula is C15H26O. The molecule has 1 nitrogen and oxygen atoms in total. The molecule has 2 unspecified atom stereocenters. The number of fused-ring (bicyclic) bond motifs is 1. The Labute approximate surface area is 99.9 Å². The lowest BCUT2D eigenvalue weighted by molar-refractivity contribution is -0.0774. The van der Waals surface area contributed by atoms with Gasteiger partial charge in [-0.25, -0.2) is 0 Å². The molecule has 1 N–H and O–H groups in total. The molecule has 0 aromatic rings. The van der Waals surface area contributed by atoms with Crippen LogP contribution in [0.4, 0.5) is 0 Å². The fraction of sp³-hybridized carbons (Fsp3) is 0.867. The predicted molar refractivity (Wildman–Crippen MR) is 68.2 cm³/mol. The molecule has 2 rings (SSSR count). The van der Waals surface area contributed by atoms with E-state index in [1.807, 2.05) is 6.92 Å². The van der Waals surface area contributed by atoms with Crippen molar-refractivity contribution in [1.82, 2.24) is 0 Å². The van der Waals surface area contributed by atoms with E-state index in [9.17, 15) is 5.11 Å². The van der Waals surface area contributed by atoms with Crippen molar-refractivity contribution in [2.75, 3.05) is 0 Å². The molecule has 1 heteroatoms. The minimum absolute atomic E-state index is 0.156. The van der Waals surface area contributed by atoms with Gasteiger partial charge in [0.15, 0.2) is 0 Å². The van der Waals surface area contributed by atoms with Crippen LogP contribution in [0.2, 0.25) is 0 Å². The minimum atomic E-state index is -0.530. The molecule has 2 atom stereocenters. The van der Waals surface area contributed by atoms with Crippen LogP contribution in [-0.4, -0.2) is 10.7 Å². The van der Waals surface area contributed by atoms with Gasteiger partial charge in [0.05, 0.1) is 5.60 Å². The second-order valence-electron chi connectivity index (χ2n) is 7.52. The van der Waals surface area contributed by atoms with Gasteiger partial charge in [-0.15, -0.1) is 0 Å². The fourth-order valence-corrected chi connectivity index (χ4v) is 4.51. The summed E-state index contributed by atoms with van der Waals surface area (Å²) in [5, 5.41) is 10.8. The zero-order valence-corrected chi connectivity index (χ0v) is 11.4. The molecule has 0 heterocycles. The molecule has 0 amide bonds. The van der Waals surface area contributed by atoms with Gasteiger partial charge in [-0.3, -0.25) is 0 Å². The van der Waals surface area contributed by atoms with E-state index in [0.29, 0.717) is 5.92 Å². The Hall–Kier alpha value is -0.300. The molecule has 92 valence electrons. The number of allylic oxidation sites excluding steroid dienone is 1. The fourth-order valence-electron chi connectivity index (χ4n) is 4.51. The first-order chi connectivity index (χ1) is 7.14. The Morgan fingerprint density at radius 3 is 2.44 bits per heavy atom. The van der Waals surface area contributed by atoms with Gasteiger partial charge in [-0.2, -0.15) is 0 Å². The van der Waals surface area contributed by atoms with Crippen molar-refractivity contribution < 1.29 is 5.11 Å². The summed E-state index contributed by atoms with van der Waals surface area (Å²) in [5.41, 5.74) is 1.39. The van der Waals surface area contributed by atoms with Crippen molar-refractivity contribution in [3.63, 3.8) is 0 Å². The van der Waals surface area contributed by atoms with Crippen LogP contribution in [0, 0.1) is 16.7 Å². The Kier molecular flexibility index (Phi) is 2.55. The van der Waals surface area contributed by atoms with Crippen molar-refractivity contribution in [3.8, 4) is 0 Å². The Bertz CT molecular complexity index is 320. The highest BCUT2D eigenvalue weighted by Crippen LogP contribution is 2.55. The van der Waals surface area contributed by atoms with E-state index < -0.39 is 5.60 Å². The van der Waals surface area contributed by atoms with E-state index >= 15 is 0 Å². The van der Waals surface area contributed by atoms with Gasteiger partial charge in [-0.05, 0) is 43.4 Å². The van der Waals surface area contributed by atoms with Crippen LogP contribution in [0.5, 0.6) is 0 Å². The molecule has 0 aromatic heterocycles. The highest BCUT2D eigenvalue weighted by Gasteiger charge is 2.50. The maximum atomic E-state index is 10.8. The van der Waals surface area contributed by atoms with Gasteiger partial charge in [0.1, 0.15) is 0 Å². The molecule has 0 bridgehead atoms. The summed E-state index contributed by atoms with van der Waals surface area (Å²) in [5.74, 6) is 0.363. The van der Waals surface area contributed by atoms with Crippen molar-refractivity contribution in [1.29, 1.82) is 0 Å². The first-order valence-electron chi connectivity index (χ1n) is 6.58. The Morgan fingerprint density at radius 1 is 1.19 bits per heavy atom. The zero-order chi connectivity index (χ0) is 12.2. The van der Waals surface area contributed by atoms with Crippen LogP contribution in [0.1, 0.15) is 60.3 Å². The average molecular weight is 222 g/mol. The number of hydrogen-bond donors (Lipinski definition) is 1. The van der Waals surface area contributed by atoms with Crippen LogP contribution in [0.15, 0.2) is 11.6 Å². The largest absolute Gasteiger partial charge is 0.390 e. The van der Waals surface area contributed by atoms with E-state index in [1.165, 1.54) is 24.8 Å². The molecule has 0 aliphatic heterocycles. The third-order valence-corrected chi connectivity index (χ3v) is 4.45. The molecule has 1 saturated carbocycles. The van der Waals surface area contributed by atoms with Gasteiger partial charge in [0.25, 0.3) is 0 Å². The maximum Gasteiger partial charge on any atom is 0.0697 e. The Morgan fingerprint density at radius 2 is 1.81 bits per heavy atom. The molecule has 0 radical (unpaired) electrons. The topological polar surface area (TPSA) is 20.2 Å². The van der Waals surface area contributed by atoms with E-state index in [4.69, 9.17) is 0 Å². The third kappa shape index (κ3) is 1.95. The van der Waals surface area contributed by atoms with Gasteiger partial charge in [0, 0.05) is 5.92 Å². The van der Waals surface area contributed by atoms with Crippen molar-refractivity contribution in [2.24, 2.45) is 16.7 Å². The van der Waals surface area contributed by atoms with Gasteiger partial charge >= 0.3 is 0 Å². The summed E-state index contributed by atoms with van der Waals surface area (Å²) in [7, 11) is 0. The average Bonchev–Trinajstić information content (AvgIpc) is 1.95. The predicted octanol–water partition coefficient (Wildman–Crippen LogP) is 3.92. The van der Waals surface area contributed by atoms with E-state index in [1.54, 1.807) is 0 Å². The smallest absolute Gasteiger partial charge is 0.0697 e. The van der Waals surface area contributed by atoms with Gasteiger partial charge in [0.2, 0.25) is 0 Å². The SMILES string of the molecule is CC1(C)C=C2CCCC(C)(C)C2C(C)(O)C1. The minimum Gasteiger partial charge on any atom is -0.390 e. The molecule has 2 aliphatic rings. The monoisotopic (exact) mass is 222 g/mol. The van der Waals surface area contributed by atoms with Crippen molar-refractivity contribution >= 4 is 0 Å². The van der Waals surface area contributed by atoms with Crippen LogP contribution in [0.25, 0.3) is 0 Å². The van der Waals surface area contributed by atoms with Crippen LogP contribution in [-0.2, 0) is 0 Å². The maximum absolute atomic E-state index is 10.8. The summed E-state index contributed by atoms with van der Waals surface area (Å²) in [6, 6.07) is 0. The standard InChI is InChI=1S/C15H26O/c1-13(2)9-11-7-6-8-14(3,4)12(11)15(5,16)10-13/h9,12,16H,6-8,10H2,1-5H3. The number of rotatable bonds is 0. The summed E-state index contributed by atoms with van der Waals surface area (Å²) in [6.07, 6.45) is 7.04. The summed E-state index contributed by atoms with van der Waals surface area (Å²) < 4.78 is 0. The van der Waals surface area contributed by atoms with Crippen LogP contribution in [0.3, 0.4) is 0 Å². The molecule has 16 heavy (non-hydrogen) atoms. The van der Waals surface area contributed by atoms with Crippen LogP contribution < -0.4 is 0 Å². The molecular weight excluding hydrogens is 196 g/mol. The second kappa shape index (κ2) is 3.35. The second-order valence-corrected chi connectivity index (χ2v) is 7.52. The van der Waals surface area contributed by atoms with E-state index in [0.717, 1.165) is 6.42 Å².